The first-order valence-corrected chi connectivity index (χ1v) is 6.49. The Morgan fingerprint density at radius 2 is 1.58 bits per heavy atom. The summed E-state index contributed by atoms with van der Waals surface area (Å²) in [5.41, 5.74) is 0.503. The lowest BCUT2D eigenvalue weighted by Gasteiger charge is -2.09. The van der Waals surface area contributed by atoms with Crippen LogP contribution in [0.15, 0.2) is 24.3 Å². The van der Waals surface area contributed by atoms with E-state index in [9.17, 15) is 9.59 Å². The molecule has 0 bridgehead atoms. The van der Waals surface area contributed by atoms with E-state index in [2.05, 4.69) is 13.8 Å². The van der Waals surface area contributed by atoms with Gasteiger partial charge in [-0.25, -0.2) is 9.59 Å². The quantitative estimate of drug-likeness (QED) is 0.741. The predicted octanol–water partition coefficient (Wildman–Crippen LogP) is 3.07. The minimum Gasteiger partial charge on any atom is -0.462 e. The van der Waals surface area contributed by atoms with Crippen LogP contribution < -0.4 is 0 Å². The number of rotatable bonds is 6. The number of carbonyl (C=O) groups is 2. The molecule has 1 rings (SSSR count). The third kappa shape index (κ3) is 4.73. The van der Waals surface area contributed by atoms with Gasteiger partial charge in [-0.05, 0) is 31.4 Å². The van der Waals surface area contributed by atoms with Gasteiger partial charge >= 0.3 is 11.9 Å². The summed E-state index contributed by atoms with van der Waals surface area (Å²) in [6.07, 6.45) is 0.799. The summed E-state index contributed by atoms with van der Waals surface area (Å²) in [4.78, 5) is 23.6. The highest BCUT2D eigenvalue weighted by atomic mass is 16.5. The summed E-state index contributed by atoms with van der Waals surface area (Å²) in [5, 5.41) is 0. The van der Waals surface area contributed by atoms with Crippen molar-refractivity contribution in [2.24, 2.45) is 5.92 Å². The zero-order valence-electron chi connectivity index (χ0n) is 11.6. The molecule has 0 fully saturated rings. The first-order valence-electron chi connectivity index (χ1n) is 6.49. The van der Waals surface area contributed by atoms with E-state index in [1.165, 1.54) is 0 Å². The van der Waals surface area contributed by atoms with E-state index in [4.69, 9.17) is 9.47 Å². The van der Waals surface area contributed by atoms with Crippen LogP contribution in [0.4, 0.5) is 0 Å². The molecule has 0 saturated carbocycles. The Morgan fingerprint density at radius 1 is 1.05 bits per heavy atom. The average Bonchev–Trinajstić information content (AvgIpc) is 2.38. The molecule has 0 amide bonds. The van der Waals surface area contributed by atoms with Crippen LogP contribution in [0.1, 0.15) is 47.9 Å². The minimum absolute atomic E-state index is 0.249. The van der Waals surface area contributed by atoms with Crippen LogP contribution in [0.2, 0.25) is 0 Å². The van der Waals surface area contributed by atoms with Crippen LogP contribution in [0.25, 0.3) is 0 Å². The normalized spacial score (nSPS) is 10.3. The van der Waals surface area contributed by atoms with E-state index in [0.717, 1.165) is 6.42 Å². The Hall–Kier alpha value is -1.84. The summed E-state index contributed by atoms with van der Waals surface area (Å²) >= 11 is 0. The lowest BCUT2D eigenvalue weighted by atomic mass is 10.1. The maximum Gasteiger partial charge on any atom is 0.339 e. The Labute approximate surface area is 113 Å². The molecule has 0 unspecified atom stereocenters. The van der Waals surface area contributed by atoms with Gasteiger partial charge in [-0.3, -0.25) is 0 Å². The van der Waals surface area contributed by atoms with Crippen LogP contribution in [0, 0.1) is 5.92 Å². The SMILES string of the molecule is CCOC(=O)c1ccccc1C(=O)OCCC(C)C. The molecule has 4 nitrogen and oxygen atoms in total. The predicted molar refractivity (Wildman–Crippen MR) is 72.1 cm³/mol. The van der Waals surface area contributed by atoms with E-state index in [1.807, 2.05) is 0 Å². The average molecular weight is 264 g/mol. The summed E-state index contributed by atoms with van der Waals surface area (Å²) in [7, 11) is 0. The Bertz CT molecular complexity index is 438. The van der Waals surface area contributed by atoms with Gasteiger partial charge in [0.1, 0.15) is 0 Å². The molecular weight excluding hydrogens is 244 g/mol. The maximum atomic E-state index is 11.9. The van der Waals surface area contributed by atoms with Crippen LogP contribution in [0.3, 0.4) is 0 Å². The van der Waals surface area contributed by atoms with E-state index in [-0.39, 0.29) is 17.7 Å². The topological polar surface area (TPSA) is 52.6 Å². The highest BCUT2D eigenvalue weighted by Gasteiger charge is 2.18. The molecule has 0 aliphatic rings. The number of hydrogen-bond acceptors (Lipinski definition) is 4. The van der Waals surface area contributed by atoms with Crippen molar-refractivity contribution in [2.75, 3.05) is 13.2 Å². The zero-order chi connectivity index (χ0) is 14.3. The van der Waals surface area contributed by atoms with E-state index >= 15 is 0 Å². The van der Waals surface area contributed by atoms with E-state index < -0.39 is 11.9 Å². The molecule has 0 N–H and O–H groups in total. The van der Waals surface area contributed by atoms with Gasteiger partial charge in [-0.1, -0.05) is 26.0 Å². The fourth-order valence-electron chi connectivity index (χ4n) is 1.51. The highest BCUT2D eigenvalue weighted by Crippen LogP contribution is 2.12. The van der Waals surface area contributed by atoms with Crippen molar-refractivity contribution >= 4 is 11.9 Å². The highest BCUT2D eigenvalue weighted by molar-refractivity contribution is 6.03. The van der Waals surface area contributed by atoms with Gasteiger partial charge in [0.2, 0.25) is 0 Å². The van der Waals surface area contributed by atoms with Crippen LogP contribution in [0.5, 0.6) is 0 Å². The standard InChI is InChI=1S/C15H20O4/c1-4-18-14(16)12-7-5-6-8-13(12)15(17)19-10-9-11(2)3/h5-8,11H,4,9-10H2,1-3H3. The molecule has 0 atom stereocenters. The van der Waals surface area contributed by atoms with Crippen molar-refractivity contribution in [3.8, 4) is 0 Å². The van der Waals surface area contributed by atoms with Crippen molar-refractivity contribution in [1.82, 2.24) is 0 Å². The molecule has 4 heteroatoms. The summed E-state index contributed by atoms with van der Waals surface area (Å²) in [5.74, 6) is -0.517. The molecule has 104 valence electrons. The molecule has 0 aromatic heterocycles. The number of hydrogen-bond donors (Lipinski definition) is 0. The third-order valence-corrected chi connectivity index (χ3v) is 2.57. The Morgan fingerprint density at radius 3 is 2.05 bits per heavy atom. The molecule has 0 saturated heterocycles. The second-order valence-electron chi connectivity index (χ2n) is 4.58. The number of esters is 2. The van der Waals surface area contributed by atoms with Gasteiger partial charge in [0.05, 0.1) is 24.3 Å². The molecule has 0 heterocycles. The van der Waals surface area contributed by atoms with Gasteiger partial charge in [-0.15, -0.1) is 0 Å². The fraction of sp³-hybridized carbons (Fsp3) is 0.467. The molecule has 0 aliphatic heterocycles. The summed E-state index contributed by atoms with van der Waals surface area (Å²) in [6.45, 7) is 6.46. The molecule has 1 aromatic carbocycles. The van der Waals surface area contributed by atoms with Crippen LogP contribution in [-0.4, -0.2) is 25.2 Å². The lowest BCUT2D eigenvalue weighted by molar-refractivity contribution is 0.0456. The van der Waals surface area contributed by atoms with Crippen molar-refractivity contribution in [3.63, 3.8) is 0 Å². The fourth-order valence-corrected chi connectivity index (χ4v) is 1.51. The number of ether oxygens (including phenoxy) is 2. The second kappa shape index (κ2) is 7.56. The molecule has 1 aromatic rings. The molecule has 0 spiro atoms. The monoisotopic (exact) mass is 264 g/mol. The van der Waals surface area contributed by atoms with Gasteiger partial charge < -0.3 is 9.47 Å². The first-order chi connectivity index (χ1) is 9.06. The summed E-state index contributed by atoms with van der Waals surface area (Å²) in [6, 6.07) is 6.53. The number of carbonyl (C=O) groups excluding carboxylic acids is 2. The van der Waals surface area contributed by atoms with E-state index in [1.54, 1.807) is 31.2 Å². The smallest absolute Gasteiger partial charge is 0.339 e. The van der Waals surface area contributed by atoms with Crippen LogP contribution in [-0.2, 0) is 9.47 Å². The Kier molecular flexibility index (Phi) is 6.06. The first kappa shape index (κ1) is 15.2. The van der Waals surface area contributed by atoms with Gasteiger partial charge in [0.25, 0.3) is 0 Å². The molecule has 0 radical (unpaired) electrons. The maximum absolute atomic E-state index is 11.9. The van der Waals surface area contributed by atoms with Crippen molar-refractivity contribution in [2.45, 2.75) is 27.2 Å². The molecule has 0 aliphatic carbocycles. The van der Waals surface area contributed by atoms with Crippen molar-refractivity contribution in [3.05, 3.63) is 35.4 Å². The molecular formula is C15H20O4. The largest absolute Gasteiger partial charge is 0.462 e. The third-order valence-electron chi connectivity index (χ3n) is 2.57. The molecule has 19 heavy (non-hydrogen) atoms. The van der Waals surface area contributed by atoms with Gasteiger partial charge in [0, 0.05) is 0 Å². The van der Waals surface area contributed by atoms with Crippen molar-refractivity contribution in [1.29, 1.82) is 0 Å². The van der Waals surface area contributed by atoms with Gasteiger partial charge in [0.15, 0.2) is 0 Å². The van der Waals surface area contributed by atoms with E-state index in [0.29, 0.717) is 12.5 Å². The minimum atomic E-state index is -0.501. The summed E-state index contributed by atoms with van der Waals surface area (Å²) < 4.78 is 10.1. The second-order valence-corrected chi connectivity index (χ2v) is 4.58. The van der Waals surface area contributed by atoms with Gasteiger partial charge in [-0.2, -0.15) is 0 Å². The number of benzene rings is 1. The lowest BCUT2D eigenvalue weighted by Crippen LogP contribution is -2.14. The Balaban J connectivity index is 2.76. The zero-order valence-corrected chi connectivity index (χ0v) is 11.6. The van der Waals surface area contributed by atoms with Crippen molar-refractivity contribution < 1.29 is 19.1 Å². The van der Waals surface area contributed by atoms with Crippen LogP contribution >= 0.6 is 0 Å².